The Balaban J connectivity index is 2.87. The van der Waals surface area contributed by atoms with Gasteiger partial charge in [-0.3, -0.25) is 0 Å². The molecule has 0 bridgehead atoms. The van der Waals surface area contributed by atoms with Crippen LogP contribution in [0.4, 0.5) is 5.69 Å². The number of rotatable bonds is 0. The molecule has 2 rings (SSSR count). The average molecular weight is 289 g/mol. The Labute approximate surface area is 88.7 Å². The van der Waals surface area contributed by atoms with Gasteiger partial charge in [0.05, 0.1) is 0 Å². The molecule has 1 nitrogen and oxygen atoms in total. The van der Waals surface area contributed by atoms with Crippen LogP contribution in [0, 0.1) is 10.5 Å². The Bertz CT molecular complexity index is 433. The first-order valence-electron chi connectivity index (χ1n) is 3.61. The summed E-state index contributed by atoms with van der Waals surface area (Å²) in [5, 5.41) is 3.44. The SMILES string of the molecule is Cc1cc2scc(I)c2cc1N. The molecule has 62 valence electrons. The van der Waals surface area contributed by atoms with E-state index in [0.29, 0.717) is 0 Å². The van der Waals surface area contributed by atoms with Crippen LogP contribution in [0.3, 0.4) is 0 Å². The predicted molar refractivity (Wildman–Crippen MR) is 63.7 cm³/mol. The normalized spacial score (nSPS) is 10.8. The molecule has 2 aromatic rings. The van der Waals surface area contributed by atoms with Crippen molar-refractivity contribution in [2.75, 3.05) is 5.73 Å². The quantitative estimate of drug-likeness (QED) is 0.584. The number of hydrogen-bond donors (Lipinski definition) is 1. The molecule has 0 radical (unpaired) electrons. The van der Waals surface area contributed by atoms with Gasteiger partial charge in [-0.1, -0.05) is 0 Å². The van der Waals surface area contributed by atoms with E-state index in [4.69, 9.17) is 5.73 Å². The van der Waals surface area contributed by atoms with Crippen LogP contribution in [0.1, 0.15) is 5.56 Å². The highest BCUT2D eigenvalue weighted by Crippen LogP contribution is 2.30. The molecule has 0 aliphatic rings. The fourth-order valence-electron chi connectivity index (χ4n) is 1.16. The van der Waals surface area contributed by atoms with E-state index in [-0.39, 0.29) is 0 Å². The first-order chi connectivity index (χ1) is 5.68. The van der Waals surface area contributed by atoms with Crippen molar-refractivity contribution < 1.29 is 0 Å². The molecular formula is C9H8INS. The zero-order valence-electron chi connectivity index (χ0n) is 6.60. The lowest BCUT2D eigenvalue weighted by Crippen LogP contribution is -1.87. The molecular weight excluding hydrogens is 281 g/mol. The zero-order chi connectivity index (χ0) is 8.72. The Morgan fingerprint density at radius 2 is 2.17 bits per heavy atom. The van der Waals surface area contributed by atoms with E-state index in [1.54, 1.807) is 11.3 Å². The van der Waals surface area contributed by atoms with Crippen molar-refractivity contribution in [3.63, 3.8) is 0 Å². The number of nitrogens with two attached hydrogens (primary N) is 1. The number of nitrogen functional groups attached to an aromatic ring is 1. The molecule has 0 unspecified atom stereocenters. The largest absolute Gasteiger partial charge is 0.398 e. The fourth-order valence-corrected chi connectivity index (χ4v) is 3.07. The van der Waals surface area contributed by atoms with Crippen LogP contribution in [0.25, 0.3) is 10.1 Å². The van der Waals surface area contributed by atoms with E-state index < -0.39 is 0 Å². The molecule has 0 amide bonds. The van der Waals surface area contributed by atoms with Gasteiger partial charge < -0.3 is 5.73 Å². The van der Waals surface area contributed by atoms with Gasteiger partial charge in [0.25, 0.3) is 0 Å². The summed E-state index contributed by atoms with van der Waals surface area (Å²) in [6, 6.07) is 4.21. The van der Waals surface area contributed by atoms with Crippen molar-refractivity contribution in [2.45, 2.75) is 6.92 Å². The number of thiophene rings is 1. The highest BCUT2D eigenvalue weighted by molar-refractivity contribution is 14.1. The van der Waals surface area contributed by atoms with Crippen LogP contribution >= 0.6 is 33.9 Å². The minimum atomic E-state index is 0.888. The van der Waals surface area contributed by atoms with E-state index in [9.17, 15) is 0 Å². The summed E-state index contributed by atoms with van der Waals surface area (Å²) >= 11 is 4.11. The molecule has 12 heavy (non-hydrogen) atoms. The number of fused-ring (bicyclic) bond motifs is 1. The van der Waals surface area contributed by atoms with Gasteiger partial charge >= 0.3 is 0 Å². The molecule has 0 spiro atoms. The highest BCUT2D eigenvalue weighted by atomic mass is 127. The third-order valence-corrected chi connectivity index (χ3v) is 4.18. The minimum absolute atomic E-state index is 0.888. The summed E-state index contributed by atoms with van der Waals surface area (Å²) < 4.78 is 2.62. The molecule has 3 heteroatoms. The first-order valence-corrected chi connectivity index (χ1v) is 5.57. The summed E-state index contributed by atoms with van der Waals surface area (Å²) in [6.45, 7) is 2.04. The highest BCUT2D eigenvalue weighted by Gasteiger charge is 2.03. The molecule has 2 N–H and O–H groups in total. The van der Waals surface area contributed by atoms with Gasteiger partial charge in [0.15, 0.2) is 0 Å². The molecule has 0 saturated carbocycles. The lowest BCUT2D eigenvalue weighted by Gasteiger charge is -1.99. The average Bonchev–Trinajstić information content (AvgIpc) is 2.35. The van der Waals surface area contributed by atoms with Crippen molar-refractivity contribution in [3.8, 4) is 0 Å². The predicted octanol–water partition coefficient (Wildman–Crippen LogP) is 3.40. The Kier molecular flexibility index (Phi) is 2.00. The molecule has 1 heterocycles. The molecule has 0 fully saturated rings. The van der Waals surface area contributed by atoms with Crippen LogP contribution in [0.15, 0.2) is 17.5 Å². The fraction of sp³-hybridized carbons (Fsp3) is 0.111. The van der Waals surface area contributed by atoms with Gasteiger partial charge in [0.1, 0.15) is 0 Å². The first kappa shape index (κ1) is 8.31. The van der Waals surface area contributed by atoms with Crippen LogP contribution < -0.4 is 5.73 Å². The number of aryl methyl sites for hydroxylation is 1. The summed E-state index contributed by atoms with van der Waals surface area (Å²) in [5.74, 6) is 0. The zero-order valence-corrected chi connectivity index (χ0v) is 9.57. The van der Waals surface area contributed by atoms with E-state index in [1.165, 1.54) is 19.2 Å². The maximum Gasteiger partial charge on any atom is 0.0357 e. The maximum atomic E-state index is 5.82. The van der Waals surface area contributed by atoms with E-state index in [1.807, 2.05) is 6.92 Å². The summed E-state index contributed by atoms with van der Waals surface area (Å²) in [6.07, 6.45) is 0. The number of halogens is 1. The number of benzene rings is 1. The molecule has 1 aromatic carbocycles. The summed E-state index contributed by atoms with van der Waals surface area (Å²) in [5.41, 5.74) is 7.87. The molecule has 0 aliphatic heterocycles. The number of anilines is 1. The second kappa shape index (κ2) is 2.88. The van der Waals surface area contributed by atoms with Crippen LogP contribution in [-0.4, -0.2) is 0 Å². The van der Waals surface area contributed by atoms with E-state index in [0.717, 1.165) is 5.69 Å². The molecule has 0 saturated heterocycles. The second-order valence-corrected chi connectivity index (χ2v) is 4.86. The van der Waals surface area contributed by atoms with Gasteiger partial charge in [0.2, 0.25) is 0 Å². The van der Waals surface area contributed by atoms with E-state index >= 15 is 0 Å². The van der Waals surface area contributed by atoms with Crippen molar-refractivity contribution in [1.82, 2.24) is 0 Å². The van der Waals surface area contributed by atoms with Gasteiger partial charge in [0, 0.05) is 24.7 Å². The van der Waals surface area contributed by atoms with Crippen molar-refractivity contribution in [3.05, 3.63) is 26.6 Å². The smallest absolute Gasteiger partial charge is 0.0357 e. The molecule has 1 aromatic heterocycles. The Morgan fingerprint density at radius 3 is 2.92 bits per heavy atom. The minimum Gasteiger partial charge on any atom is -0.398 e. The van der Waals surface area contributed by atoms with Crippen molar-refractivity contribution in [1.29, 1.82) is 0 Å². The third kappa shape index (κ3) is 1.21. The number of hydrogen-bond acceptors (Lipinski definition) is 2. The summed E-state index contributed by atoms with van der Waals surface area (Å²) in [4.78, 5) is 0. The van der Waals surface area contributed by atoms with Crippen LogP contribution in [0.2, 0.25) is 0 Å². The third-order valence-electron chi connectivity index (χ3n) is 1.91. The van der Waals surface area contributed by atoms with Crippen molar-refractivity contribution >= 4 is 49.7 Å². The topological polar surface area (TPSA) is 26.0 Å². The van der Waals surface area contributed by atoms with Crippen molar-refractivity contribution in [2.24, 2.45) is 0 Å². The van der Waals surface area contributed by atoms with E-state index in [2.05, 4.69) is 40.1 Å². The maximum absolute atomic E-state index is 5.82. The van der Waals surface area contributed by atoms with Gasteiger partial charge in [-0.2, -0.15) is 0 Å². The Morgan fingerprint density at radius 1 is 1.42 bits per heavy atom. The van der Waals surface area contributed by atoms with Gasteiger partial charge in [-0.25, -0.2) is 0 Å². The van der Waals surface area contributed by atoms with Crippen LogP contribution in [-0.2, 0) is 0 Å². The monoisotopic (exact) mass is 289 g/mol. The van der Waals surface area contributed by atoms with Gasteiger partial charge in [-0.15, -0.1) is 11.3 Å². The molecule has 0 atom stereocenters. The van der Waals surface area contributed by atoms with Crippen LogP contribution in [0.5, 0.6) is 0 Å². The Hall–Kier alpha value is -0.290. The molecule has 0 aliphatic carbocycles. The van der Waals surface area contributed by atoms with Gasteiger partial charge in [-0.05, 0) is 47.2 Å². The summed E-state index contributed by atoms with van der Waals surface area (Å²) in [7, 11) is 0. The second-order valence-electron chi connectivity index (χ2n) is 2.79. The lowest BCUT2D eigenvalue weighted by atomic mass is 10.1. The lowest BCUT2D eigenvalue weighted by molar-refractivity contribution is 1.51. The standard InChI is InChI=1S/C9H8INS/c1-5-2-9-6(3-8(5)11)7(10)4-12-9/h2-4H,11H2,1H3.